The van der Waals surface area contributed by atoms with Crippen LogP contribution in [0.25, 0.3) is 32.9 Å². The van der Waals surface area contributed by atoms with Gasteiger partial charge in [0.05, 0.1) is 44.2 Å². The summed E-state index contributed by atoms with van der Waals surface area (Å²) < 4.78 is 32.1. The Labute approximate surface area is 224 Å². The predicted molar refractivity (Wildman–Crippen MR) is 145 cm³/mol. The molecule has 2 aliphatic heterocycles. The minimum atomic E-state index is -0.0341. The Hall–Kier alpha value is -4.72. The van der Waals surface area contributed by atoms with Gasteiger partial charge in [0.25, 0.3) is 0 Å². The molecule has 7 rings (SSSR count). The van der Waals surface area contributed by atoms with Crippen LogP contribution in [0.4, 0.5) is 0 Å². The molecule has 2 aliphatic rings. The Morgan fingerprint density at radius 1 is 0.949 bits per heavy atom. The smallest absolute Gasteiger partial charge is 0.235 e. The molecule has 0 spiro atoms. The Bertz CT molecular complexity index is 1810. The number of aromatic nitrogens is 2. The molecule has 3 aromatic carbocycles. The van der Waals surface area contributed by atoms with E-state index in [1.807, 2.05) is 48.7 Å². The Morgan fingerprint density at radius 2 is 1.79 bits per heavy atom. The SMILES string of the molecule is COc1ccc2c(ccn2C(=O)Cc2c3[n+](cc4c(OC)c(OC)ccc24)CCc2cc4c(cc2-3)OCO4)c1. The third-order valence-corrected chi connectivity index (χ3v) is 7.74. The minimum absolute atomic E-state index is 0.0341. The zero-order valence-electron chi connectivity index (χ0n) is 21.9. The van der Waals surface area contributed by atoms with Crippen molar-refractivity contribution >= 4 is 27.6 Å². The summed E-state index contributed by atoms with van der Waals surface area (Å²) in [6.07, 6.45) is 4.95. The van der Waals surface area contributed by atoms with Crippen molar-refractivity contribution in [2.75, 3.05) is 28.1 Å². The van der Waals surface area contributed by atoms with Crippen molar-refractivity contribution in [2.24, 2.45) is 0 Å². The number of pyridine rings is 1. The number of carbonyl (C=O) groups excluding carboxylic acids is 1. The predicted octanol–water partition coefficient (Wildman–Crippen LogP) is 4.94. The van der Waals surface area contributed by atoms with Crippen molar-refractivity contribution in [3.05, 3.63) is 72.1 Å². The summed E-state index contributed by atoms with van der Waals surface area (Å²) in [6, 6.07) is 15.7. The van der Waals surface area contributed by atoms with E-state index >= 15 is 0 Å². The summed E-state index contributed by atoms with van der Waals surface area (Å²) in [5.74, 6) is 3.50. The van der Waals surface area contributed by atoms with Crippen LogP contribution in [0.15, 0.2) is 60.9 Å². The average Bonchev–Trinajstić information content (AvgIpc) is 3.61. The molecule has 0 fully saturated rings. The minimum Gasteiger partial charge on any atom is -0.497 e. The maximum atomic E-state index is 14.0. The summed E-state index contributed by atoms with van der Waals surface area (Å²) in [5, 5.41) is 2.78. The first-order valence-electron chi connectivity index (χ1n) is 12.8. The van der Waals surface area contributed by atoms with E-state index in [0.717, 1.165) is 68.7 Å². The lowest BCUT2D eigenvalue weighted by Crippen LogP contribution is -2.41. The first-order valence-corrected chi connectivity index (χ1v) is 12.8. The molecule has 0 bridgehead atoms. The molecule has 0 saturated heterocycles. The van der Waals surface area contributed by atoms with Gasteiger partial charge in [-0.05, 0) is 54.1 Å². The van der Waals surface area contributed by atoms with Crippen LogP contribution < -0.4 is 28.3 Å². The third-order valence-electron chi connectivity index (χ3n) is 7.74. The monoisotopic (exact) mass is 523 g/mol. The summed E-state index contributed by atoms with van der Waals surface area (Å²) in [5.41, 5.74) is 4.98. The van der Waals surface area contributed by atoms with E-state index in [4.69, 9.17) is 23.7 Å². The number of fused-ring (bicyclic) bond motifs is 6. The van der Waals surface area contributed by atoms with Gasteiger partial charge in [-0.15, -0.1) is 0 Å². The highest BCUT2D eigenvalue weighted by Crippen LogP contribution is 2.43. The van der Waals surface area contributed by atoms with Crippen molar-refractivity contribution in [2.45, 2.75) is 19.4 Å². The normalized spacial score (nSPS) is 13.3. The van der Waals surface area contributed by atoms with Crippen molar-refractivity contribution in [1.29, 1.82) is 0 Å². The largest absolute Gasteiger partial charge is 0.497 e. The molecule has 0 atom stereocenters. The van der Waals surface area contributed by atoms with Crippen molar-refractivity contribution in [3.63, 3.8) is 0 Å². The van der Waals surface area contributed by atoms with Crippen LogP contribution in [-0.2, 0) is 19.4 Å². The van der Waals surface area contributed by atoms with Gasteiger partial charge in [-0.25, -0.2) is 0 Å². The highest BCUT2D eigenvalue weighted by atomic mass is 16.7. The van der Waals surface area contributed by atoms with Crippen LogP contribution in [-0.4, -0.2) is 38.6 Å². The number of nitrogens with zero attached hydrogens (tertiary/aromatic N) is 2. The van der Waals surface area contributed by atoms with Crippen molar-refractivity contribution < 1.29 is 33.0 Å². The van der Waals surface area contributed by atoms with Gasteiger partial charge >= 0.3 is 0 Å². The molecule has 2 aromatic heterocycles. The van der Waals surface area contributed by atoms with E-state index < -0.39 is 0 Å². The lowest BCUT2D eigenvalue weighted by molar-refractivity contribution is -0.686. The van der Waals surface area contributed by atoms with Gasteiger partial charge in [-0.1, -0.05) is 0 Å². The number of hydrogen-bond acceptors (Lipinski definition) is 6. The van der Waals surface area contributed by atoms with E-state index in [9.17, 15) is 4.79 Å². The molecule has 0 N–H and O–H groups in total. The van der Waals surface area contributed by atoms with Crippen LogP contribution in [0.5, 0.6) is 28.7 Å². The van der Waals surface area contributed by atoms with Gasteiger partial charge < -0.3 is 23.7 Å². The molecule has 8 heteroatoms. The summed E-state index contributed by atoms with van der Waals surface area (Å²) in [7, 11) is 4.91. The molecule has 0 unspecified atom stereocenters. The van der Waals surface area contributed by atoms with Gasteiger partial charge in [0, 0.05) is 29.0 Å². The fourth-order valence-corrected chi connectivity index (χ4v) is 5.89. The van der Waals surface area contributed by atoms with Crippen molar-refractivity contribution in [3.8, 4) is 40.0 Å². The summed E-state index contributed by atoms with van der Waals surface area (Å²) in [6.45, 7) is 0.968. The van der Waals surface area contributed by atoms with Crippen LogP contribution in [0.1, 0.15) is 15.9 Å². The average molecular weight is 524 g/mol. The molecule has 0 aliphatic carbocycles. The van der Waals surface area contributed by atoms with Gasteiger partial charge in [-0.3, -0.25) is 9.36 Å². The summed E-state index contributed by atoms with van der Waals surface area (Å²) >= 11 is 0. The highest BCUT2D eigenvalue weighted by Gasteiger charge is 2.33. The zero-order chi connectivity index (χ0) is 26.7. The molecule has 196 valence electrons. The highest BCUT2D eigenvalue weighted by molar-refractivity contribution is 6.00. The lowest BCUT2D eigenvalue weighted by Gasteiger charge is -2.21. The number of ether oxygens (including phenoxy) is 5. The van der Waals surface area contributed by atoms with E-state index in [1.54, 1.807) is 25.9 Å². The van der Waals surface area contributed by atoms with Crippen molar-refractivity contribution in [1.82, 2.24) is 4.57 Å². The first kappa shape index (κ1) is 23.4. The Morgan fingerprint density at radius 3 is 2.59 bits per heavy atom. The molecule has 8 nitrogen and oxygen atoms in total. The fraction of sp³-hybridized carbons (Fsp3) is 0.226. The number of methoxy groups -OCH3 is 3. The van der Waals surface area contributed by atoms with E-state index in [0.29, 0.717) is 11.5 Å². The fourth-order valence-electron chi connectivity index (χ4n) is 5.89. The van der Waals surface area contributed by atoms with Gasteiger partial charge in [0.15, 0.2) is 35.7 Å². The second-order valence-corrected chi connectivity index (χ2v) is 9.71. The maximum Gasteiger partial charge on any atom is 0.235 e. The Balaban J connectivity index is 1.45. The summed E-state index contributed by atoms with van der Waals surface area (Å²) in [4.78, 5) is 14.0. The number of aryl methyl sites for hydroxylation is 2. The number of rotatable bonds is 5. The van der Waals surface area contributed by atoms with Gasteiger partial charge in [0.1, 0.15) is 5.75 Å². The molecular weight excluding hydrogens is 496 g/mol. The van der Waals surface area contributed by atoms with E-state index in [-0.39, 0.29) is 19.1 Å². The Kier molecular flexibility index (Phi) is 5.36. The van der Waals surface area contributed by atoms with Crippen LogP contribution >= 0.6 is 0 Å². The zero-order valence-corrected chi connectivity index (χ0v) is 21.9. The molecule has 0 radical (unpaired) electrons. The van der Waals surface area contributed by atoms with E-state index in [1.165, 1.54) is 5.56 Å². The quantitative estimate of drug-likeness (QED) is 0.304. The second-order valence-electron chi connectivity index (χ2n) is 9.71. The molecule has 5 aromatic rings. The molecule has 4 heterocycles. The molecular formula is C31H27N2O6+. The van der Waals surface area contributed by atoms with Crippen LogP contribution in [0.2, 0.25) is 0 Å². The number of carbonyl (C=O) groups is 1. The van der Waals surface area contributed by atoms with Crippen LogP contribution in [0.3, 0.4) is 0 Å². The third kappa shape index (κ3) is 3.59. The number of hydrogen-bond donors (Lipinski definition) is 0. The van der Waals surface area contributed by atoms with E-state index in [2.05, 4.69) is 16.8 Å². The van der Waals surface area contributed by atoms with Gasteiger partial charge in [0.2, 0.25) is 18.4 Å². The first-order chi connectivity index (χ1) is 19.1. The lowest BCUT2D eigenvalue weighted by atomic mass is 9.89. The maximum absolute atomic E-state index is 14.0. The topological polar surface area (TPSA) is 72.0 Å². The van der Waals surface area contributed by atoms with Crippen LogP contribution in [0, 0.1) is 0 Å². The number of benzene rings is 3. The molecule has 0 saturated carbocycles. The standard InChI is InChI=1S/C31H27N2O6/c1-35-20-4-6-25-19(12-20)9-11-33(25)29(34)15-23-21-5-7-26(36-2)31(37-3)24(21)16-32-10-8-18-13-27-28(39-17-38-27)14-22(18)30(23)32/h4-7,9,11-14,16H,8,10,15,17H2,1-3H3/q+1. The molecule has 0 amide bonds. The second kappa shape index (κ2) is 8.94. The molecule has 39 heavy (non-hydrogen) atoms. The van der Waals surface area contributed by atoms with Gasteiger partial charge in [-0.2, -0.15) is 4.57 Å².